The van der Waals surface area contributed by atoms with Gasteiger partial charge in [-0.15, -0.1) is 0 Å². The first kappa shape index (κ1) is 17.0. The van der Waals surface area contributed by atoms with Gasteiger partial charge in [0.1, 0.15) is 5.82 Å². The quantitative estimate of drug-likeness (QED) is 0.665. The van der Waals surface area contributed by atoms with Gasteiger partial charge in [-0.05, 0) is 6.42 Å². The predicted molar refractivity (Wildman–Crippen MR) is 77.9 cm³/mol. The fraction of sp³-hybridized carbons (Fsp3) is 0.600. The average Bonchev–Trinajstić information content (AvgIpc) is 2.46. The van der Waals surface area contributed by atoms with Crippen LogP contribution < -0.4 is 5.73 Å². The molecule has 0 fully saturated rings. The van der Waals surface area contributed by atoms with Gasteiger partial charge in [0.2, 0.25) is 0 Å². The molecule has 5 heteroatoms. The Morgan fingerprint density at radius 2 is 1.80 bits per heavy atom. The summed E-state index contributed by atoms with van der Waals surface area (Å²) in [4.78, 5) is 2.17. The summed E-state index contributed by atoms with van der Waals surface area (Å²) >= 11 is 0. The monoisotopic (exact) mass is 284 g/mol. The van der Waals surface area contributed by atoms with Gasteiger partial charge in [-0.3, -0.25) is 4.90 Å². The Bertz CT molecular complexity index is 388. The first-order chi connectivity index (χ1) is 9.72. The molecule has 1 rings (SSSR count). The lowest BCUT2D eigenvalue weighted by molar-refractivity contribution is 0.128. The van der Waals surface area contributed by atoms with E-state index in [0.29, 0.717) is 30.9 Å². The fourth-order valence-corrected chi connectivity index (χ4v) is 2.08. The minimum Gasteiger partial charge on any atom is -0.385 e. The Morgan fingerprint density at radius 1 is 1.10 bits per heavy atom. The SMILES string of the molecule is COCCCN(CCOC)Cc1cccc(CN)c1F. The van der Waals surface area contributed by atoms with Crippen molar-refractivity contribution in [2.24, 2.45) is 5.73 Å². The zero-order valence-corrected chi connectivity index (χ0v) is 12.4. The Labute approximate surface area is 120 Å². The third kappa shape index (κ3) is 5.54. The van der Waals surface area contributed by atoms with Gasteiger partial charge >= 0.3 is 0 Å². The van der Waals surface area contributed by atoms with Crippen LogP contribution in [-0.4, -0.2) is 45.4 Å². The van der Waals surface area contributed by atoms with Crippen LogP contribution in [0, 0.1) is 5.82 Å². The van der Waals surface area contributed by atoms with Crippen molar-refractivity contribution in [2.75, 3.05) is 40.5 Å². The summed E-state index contributed by atoms with van der Waals surface area (Å²) in [6, 6.07) is 5.39. The van der Waals surface area contributed by atoms with E-state index < -0.39 is 0 Å². The van der Waals surface area contributed by atoms with Crippen molar-refractivity contribution in [1.29, 1.82) is 0 Å². The maximum Gasteiger partial charge on any atom is 0.132 e. The normalized spacial score (nSPS) is 11.2. The van der Waals surface area contributed by atoms with E-state index in [4.69, 9.17) is 15.2 Å². The van der Waals surface area contributed by atoms with Gasteiger partial charge < -0.3 is 15.2 Å². The fourth-order valence-electron chi connectivity index (χ4n) is 2.08. The van der Waals surface area contributed by atoms with E-state index in [1.807, 2.05) is 12.1 Å². The largest absolute Gasteiger partial charge is 0.385 e. The summed E-state index contributed by atoms with van der Waals surface area (Å²) < 4.78 is 24.3. The molecule has 20 heavy (non-hydrogen) atoms. The number of benzene rings is 1. The molecule has 0 saturated heterocycles. The summed E-state index contributed by atoms with van der Waals surface area (Å²) in [5.41, 5.74) is 6.78. The van der Waals surface area contributed by atoms with Crippen molar-refractivity contribution in [3.05, 3.63) is 35.1 Å². The minimum absolute atomic E-state index is 0.191. The number of hydrogen-bond acceptors (Lipinski definition) is 4. The molecule has 1 aromatic carbocycles. The molecule has 0 aliphatic carbocycles. The van der Waals surface area contributed by atoms with E-state index >= 15 is 0 Å². The lowest BCUT2D eigenvalue weighted by Crippen LogP contribution is -2.29. The van der Waals surface area contributed by atoms with Crippen molar-refractivity contribution in [2.45, 2.75) is 19.5 Å². The number of methoxy groups -OCH3 is 2. The van der Waals surface area contributed by atoms with Crippen molar-refractivity contribution in [3.63, 3.8) is 0 Å². The van der Waals surface area contributed by atoms with E-state index in [1.165, 1.54) is 0 Å². The van der Waals surface area contributed by atoms with Crippen LogP contribution in [-0.2, 0) is 22.6 Å². The third-order valence-electron chi connectivity index (χ3n) is 3.21. The molecule has 0 heterocycles. The highest BCUT2D eigenvalue weighted by atomic mass is 19.1. The molecule has 0 saturated carbocycles. The van der Waals surface area contributed by atoms with E-state index in [2.05, 4.69) is 4.90 Å². The summed E-state index contributed by atoms with van der Waals surface area (Å²) in [6.07, 6.45) is 0.915. The average molecular weight is 284 g/mol. The van der Waals surface area contributed by atoms with Gasteiger partial charge in [-0.2, -0.15) is 0 Å². The lowest BCUT2D eigenvalue weighted by Gasteiger charge is -2.22. The van der Waals surface area contributed by atoms with Crippen LogP contribution in [0.3, 0.4) is 0 Å². The minimum atomic E-state index is -0.191. The first-order valence-electron chi connectivity index (χ1n) is 6.89. The molecule has 2 N–H and O–H groups in total. The van der Waals surface area contributed by atoms with E-state index in [9.17, 15) is 4.39 Å². The van der Waals surface area contributed by atoms with Crippen LogP contribution >= 0.6 is 0 Å². The number of ether oxygens (including phenoxy) is 2. The number of halogens is 1. The number of rotatable bonds is 10. The summed E-state index contributed by atoms with van der Waals surface area (Å²) in [6.45, 7) is 3.74. The molecule has 0 aromatic heterocycles. The maximum atomic E-state index is 14.2. The lowest BCUT2D eigenvalue weighted by atomic mass is 10.1. The Kier molecular flexibility index (Phi) is 8.37. The van der Waals surface area contributed by atoms with Gasteiger partial charge in [-0.25, -0.2) is 4.39 Å². The number of nitrogens with zero attached hydrogens (tertiary/aromatic N) is 1. The summed E-state index contributed by atoms with van der Waals surface area (Å²) in [5, 5.41) is 0. The Hall–Kier alpha value is -1.01. The van der Waals surface area contributed by atoms with E-state index in [-0.39, 0.29) is 12.4 Å². The van der Waals surface area contributed by atoms with E-state index in [1.54, 1.807) is 20.3 Å². The van der Waals surface area contributed by atoms with Crippen LogP contribution in [0.1, 0.15) is 17.5 Å². The van der Waals surface area contributed by atoms with E-state index in [0.717, 1.165) is 19.5 Å². The second-order valence-corrected chi connectivity index (χ2v) is 4.71. The Morgan fingerprint density at radius 3 is 2.45 bits per heavy atom. The molecule has 0 atom stereocenters. The topological polar surface area (TPSA) is 47.7 Å². The molecule has 114 valence electrons. The predicted octanol–water partition coefficient (Wildman–Crippen LogP) is 1.77. The summed E-state index contributed by atoms with van der Waals surface area (Å²) in [7, 11) is 3.35. The molecule has 0 aliphatic heterocycles. The van der Waals surface area contributed by atoms with Crippen LogP contribution in [0.5, 0.6) is 0 Å². The van der Waals surface area contributed by atoms with Crippen molar-refractivity contribution in [3.8, 4) is 0 Å². The zero-order chi connectivity index (χ0) is 14.8. The smallest absolute Gasteiger partial charge is 0.132 e. The molecule has 0 spiro atoms. The van der Waals surface area contributed by atoms with Gasteiger partial charge in [0.05, 0.1) is 6.61 Å². The molecule has 0 amide bonds. The highest BCUT2D eigenvalue weighted by molar-refractivity contribution is 5.25. The van der Waals surface area contributed by atoms with Crippen LogP contribution in [0.25, 0.3) is 0 Å². The van der Waals surface area contributed by atoms with Crippen molar-refractivity contribution < 1.29 is 13.9 Å². The molecular weight excluding hydrogens is 259 g/mol. The summed E-state index contributed by atoms with van der Waals surface area (Å²) in [5.74, 6) is -0.191. The third-order valence-corrected chi connectivity index (χ3v) is 3.21. The highest BCUT2D eigenvalue weighted by Gasteiger charge is 2.11. The number of hydrogen-bond donors (Lipinski definition) is 1. The second kappa shape index (κ2) is 9.83. The molecular formula is C15H25FN2O2. The van der Waals surface area contributed by atoms with Crippen LogP contribution in [0.2, 0.25) is 0 Å². The maximum absolute atomic E-state index is 14.2. The first-order valence-corrected chi connectivity index (χ1v) is 6.89. The molecule has 4 nitrogen and oxygen atoms in total. The van der Waals surface area contributed by atoms with Gasteiger partial charge in [0.25, 0.3) is 0 Å². The molecule has 0 unspecified atom stereocenters. The Balaban J connectivity index is 2.67. The van der Waals surface area contributed by atoms with Crippen LogP contribution in [0.4, 0.5) is 4.39 Å². The van der Waals surface area contributed by atoms with Gasteiger partial charge in [0, 0.05) is 58.1 Å². The van der Waals surface area contributed by atoms with Crippen LogP contribution in [0.15, 0.2) is 18.2 Å². The molecule has 0 radical (unpaired) electrons. The number of nitrogens with two attached hydrogens (primary N) is 1. The molecule has 0 bridgehead atoms. The second-order valence-electron chi connectivity index (χ2n) is 4.71. The molecule has 1 aromatic rings. The highest BCUT2D eigenvalue weighted by Crippen LogP contribution is 2.15. The van der Waals surface area contributed by atoms with Crippen molar-refractivity contribution >= 4 is 0 Å². The van der Waals surface area contributed by atoms with Crippen molar-refractivity contribution in [1.82, 2.24) is 4.90 Å². The standard InChI is InChI=1S/C15H25FN2O2/c1-19-9-4-7-18(8-10-20-2)12-14-6-3-5-13(11-17)15(14)16/h3,5-6H,4,7-12,17H2,1-2H3. The molecule has 0 aliphatic rings. The van der Waals surface area contributed by atoms with Gasteiger partial charge in [0.15, 0.2) is 0 Å². The van der Waals surface area contributed by atoms with Gasteiger partial charge in [-0.1, -0.05) is 18.2 Å². The zero-order valence-electron chi connectivity index (χ0n) is 12.4.